The predicted octanol–water partition coefficient (Wildman–Crippen LogP) is 4.25. The third-order valence-corrected chi connectivity index (χ3v) is 3.48. The molecule has 0 aliphatic heterocycles. The van der Waals surface area contributed by atoms with Gasteiger partial charge in [0.15, 0.2) is 0 Å². The summed E-state index contributed by atoms with van der Waals surface area (Å²) in [5, 5.41) is 10.1. The maximum absolute atomic E-state index is 5.63. The van der Waals surface area contributed by atoms with Crippen LogP contribution in [0.25, 0.3) is 10.6 Å². The quantitative estimate of drug-likeness (QED) is 0.739. The zero-order valence-corrected chi connectivity index (χ0v) is 12.1. The van der Waals surface area contributed by atoms with Gasteiger partial charge in [-0.3, -0.25) is 0 Å². The van der Waals surface area contributed by atoms with Crippen molar-refractivity contribution in [2.24, 2.45) is 0 Å². The second kappa shape index (κ2) is 7.04. The Kier molecular flexibility index (Phi) is 5.10. The van der Waals surface area contributed by atoms with E-state index in [1.807, 2.05) is 31.2 Å². The van der Waals surface area contributed by atoms with E-state index in [0.29, 0.717) is 6.61 Å². The zero-order valence-electron chi connectivity index (χ0n) is 11.3. The molecule has 2 aromatic rings. The molecule has 1 heterocycles. The van der Waals surface area contributed by atoms with Crippen molar-refractivity contribution in [3.8, 4) is 16.3 Å². The molecule has 0 atom stereocenters. The lowest BCUT2D eigenvalue weighted by molar-refractivity contribution is 0.362. The normalized spacial score (nSPS) is 11.1. The number of nitrogens with zero attached hydrogens (tertiary/aromatic N) is 2. The highest BCUT2D eigenvalue weighted by Gasteiger charge is 2.03. The van der Waals surface area contributed by atoms with E-state index >= 15 is 0 Å². The monoisotopic (exact) mass is 274 g/mol. The third kappa shape index (κ3) is 4.17. The average molecular weight is 274 g/mol. The van der Waals surface area contributed by atoms with Crippen LogP contribution in [0.2, 0.25) is 0 Å². The van der Waals surface area contributed by atoms with Crippen molar-refractivity contribution >= 4 is 11.3 Å². The first-order valence-corrected chi connectivity index (χ1v) is 7.29. The van der Waals surface area contributed by atoms with E-state index in [9.17, 15) is 0 Å². The molecule has 0 aliphatic carbocycles. The summed E-state index contributed by atoms with van der Waals surface area (Å²) in [6.07, 6.45) is 6.50. The Morgan fingerprint density at radius 2 is 1.95 bits per heavy atom. The summed E-state index contributed by atoms with van der Waals surface area (Å²) in [5.74, 6) is 0.881. The molecule has 19 heavy (non-hydrogen) atoms. The van der Waals surface area contributed by atoms with Crippen molar-refractivity contribution in [2.45, 2.75) is 26.7 Å². The molecular weight excluding hydrogens is 256 g/mol. The smallest absolute Gasteiger partial charge is 0.147 e. The van der Waals surface area contributed by atoms with Crippen molar-refractivity contribution in [1.82, 2.24) is 10.2 Å². The number of hydrogen-bond acceptors (Lipinski definition) is 4. The summed E-state index contributed by atoms with van der Waals surface area (Å²) < 4.78 is 5.63. The summed E-state index contributed by atoms with van der Waals surface area (Å²) in [4.78, 5) is 0. The number of unbranched alkanes of at least 4 members (excludes halogenated alkanes) is 1. The Morgan fingerprint density at radius 3 is 2.58 bits per heavy atom. The van der Waals surface area contributed by atoms with Gasteiger partial charge in [-0.15, -0.1) is 10.2 Å². The van der Waals surface area contributed by atoms with Gasteiger partial charge in [-0.05, 0) is 37.6 Å². The minimum atomic E-state index is 0.622. The Morgan fingerprint density at radius 1 is 1.16 bits per heavy atom. The zero-order chi connectivity index (χ0) is 13.5. The lowest BCUT2D eigenvalue weighted by Gasteiger charge is -2.03. The summed E-state index contributed by atoms with van der Waals surface area (Å²) >= 11 is 1.60. The van der Waals surface area contributed by atoms with E-state index in [4.69, 9.17) is 4.74 Å². The molecule has 1 aromatic heterocycles. The number of aryl methyl sites for hydroxylation is 1. The molecule has 0 saturated heterocycles. The molecule has 0 radical (unpaired) electrons. The predicted molar refractivity (Wildman–Crippen MR) is 79.6 cm³/mol. The van der Waals surface area contributed by atoms with Crippen LogP contribution in [0.3, 0.4) is 0 Å². The molecule has 0 N–H and O–H groups in total. The standard InChI is InChI=1S/C15H18N2OS/c1-3-4-5-6-11-18-14-9-7-13(8-10-14)15-17-16-12(2)19-15/h5-10H,3-4,11H2,1-2H3. The second-order valence-corrected chi connectivity index (χ2v) is 5.40. The van der Waals surface area contributed by atoms with Gasteiger partial charge < -0.3 is 4.74 Å². The molecule has 0 spiro atoms. The van der Waals surface area contributed by atoms with E-state index in [1.165, 1.54) is 6.42 Å². The van der Waals surface area contributed by atoms with Gasteiger partial charge >= 0.3 is 0 Å². The maximum atomic E-state index is 5.63. The van der Waals surface area contributed by atoms with Crippen LogP contribution >= 0.6 is 11.3 Å². The number of hydrogen-bond donors (Lipinski definition) is 0. The van der Waals surface area contributed by atoms with E-state index in [0.717, 1.165) is 27.7 Å². The van der Waals surface area contributed by atoms with E-state index in [1.54, 1.807) is 11.3 Å². The van der Waals surface area contributed by atoms with Crippen molar-refractivity contribution in [3.05, 3.63) is 41.4 Å². The number of benzene rings is 1. The molecule has 0 bridgehead atoms. The number of ether oxygens (including phenoxy) is 1. The van der Waals surface area contributed by atoms with Crippen molar-refractivity contribution in [2.75, 3.05) is 6.61 Å². The second-order valence-electron chi connectivity index (χ2n) is 4.22. The first kappa shape index (κ1) is 13.7. The molecule has 0 amide bonds. The van der Waals surface area contributed by atoms with Gasteiger partial charge in [0.05, 0.1) is 0 Å². The Hall–Kier alpha value is -1.68. The first-order valence-electron chi connectivity index (χ1n) is 6.48. The van der Waals surface area contributed by atoms with Crippen LogP contribution in [0.1, 0.15) is 24.8 Å². The number of allylic oxidation sites excluding steroid dienone is 1. The number of rotatable bonds is 6. The fourth-order valence-electron chi connectivity index (χ4n) is 1.60. The van der Waals surface area contributed by atoms with Crippen LogP contribution in [0.15, 0.2) is 36.4 Å². The summed E-state index contributed by atoms with van der Waals surface area (Å²) in [6, 6.07) is 7.98. The van der Waals surface area contributed by atoms with Gasteiger partial charge in [0.1, 0.15) is 22.4 Å². The molecule has 2 rings (SSSR count). The molecule has 100 valence electrons. The van der Waals surface area contributed by atoms with Gasteiger partial charge in [-0.1, -0.05) is 36.8 Å². The summed E-state index contributed by atoms with van der Waals surface area (Å²) in [7, 11) is 0. The molecular formula is C15H18N2OS. The van der Waals surface area contributed by atoms with Crippen molar-refractivity contribution in [3.63, 3.8) is 0 Å². The van der Waals surface area contributed by atoms with E-state index in [-0.39, 0.29) is 0 Å². The maximum Gasteiger partial charge on any atom is 0.147 e. The van der Waals surface area contributed by atoms with Crippen LogP contribution in [0.4, 0.5) is 0 Å². The lowest BCUT2D eigenvalue weighted by atomic mass is 10.2. The molecule has 0 unspecified atom stereocenters. The average Bonchev–Trinajstić information content (AvgIpc) is 2.86. The van der Waals surface area contributed by atoms with Crippen molar-refractivity contribution in [1.29, 1.82) is 0 Å². The van der Waals surface area contributed by atoms with Crippen LogP contribution < -0.4 is 4.74 Å². The first-order chi connectivity index (χ1) is 9.29. The van der Waals surface area contributed by atoms with Gasteiger partial charge in [0, 0.05) is 5.56 Å². The fourth-order valence-corrected chi connectivity index (χ4v) is 2.30. The van der Waals surface area contributed by atoms with Crippen LogP contribution in [0.5, 0.6) is 5.75 Å². The topological polar surface area (TPSA) is 35.0 Å². The van der Waals surface area contributed by atoms with Crippen LogP contribution in [-0.4, -0.2) is 16.8 Å². The molecule has 4 heteroatoms. The molecule has 0 saturated carbocycles. The Bertz CT molecular complexity index is 531. The fraction of sp³-hybridized carbons (Fsp3) is 0.333. The largest absolute Gasteiger partial charge is 0.490 e. The lowest BCUT2D eigenvalue weighted by Crippen LogP contribution is -1.92. The van der Waals surface area contributed by atoms with Crippen LogP contribution in [-0.2, 0) is 0 Å². The van der Waals surface area contributed by atoms with Crippen molar-refractivity contribution < 1.29 is 4.74 Å². The molecule has 0 aliphatic rings. The Labute approximate surface area is 118 Å². The SMILES string of the molecule is CCCC=CCOc1ccc(-c2nnc(C)s2)cc1. The number of aromatic nitrogens is 2. The minimum absolute atomic E-state index is 0.622. The molecule has 0 fully saturated rings. The van der Waals surface area contributed by atoms with E-state index < -0.39 is 0 Å². The van der Waals surface area contributed by atoms with Gasteiger partial charge in [0.25, 0.3) is 0 Å². The Balaban J connectivity index is 1.91. The minimum Gasteiger partial charge on any atom is -0.490 e. The van der Waals surface area contributed by atoms with Crippen LogP contribution in [0, 0.1) is 6.92 Å². The van der Waals surface area contributed by atoms with E-state index in [2.05, 4.69) is 29.3 Å². The third-order valence-electron chi connectivity index (χ3n) is 2.60. The van der Waals surface area contributed by atoms with Gasteiger partial charge in [-0.25, -0.2) is 0 Å². The van der Waals surface area contributed by atoms with Gasteiger partial charge in [-0.2, -0.15) is 0 Å². The summed E-state index contributed by atoms with van der Waals surface area (Å²) in [5.41, 5.74) is 1.08. The highest BCUT2D eigenvalue weighted by atomic mass is 32.1. The van der Waals surface area contributed by atoms with Gasteiger partial charge in [0.2, 0.25) is 0 Å². The molecule has 3 nitrogen and oxygen atoms in total. The molecule has 1 aromatic carbocycles. The highest BCUT2D eigenvalue weighted by Crippen LogP contribution is 2.25. The summed E-state index contributed by atoms with van der Waals surface area (Å²) in [6.45, 7) is 4.75. The highest BCUT2D eigenvalue weighted by molar-refractivity contribution is 7.14.